The molecule has 0 spiro atoms. The molecule has 0 bridgehead atoms. The minimum atomic E-state index is 0.714. The van der Waals surface area contributed by atoms with Crippen LogP contribution in [-0.4, -0.2) is 36.1 Å². The monoisotopic (exact) mass is 264 g/mol. The normalized spacial score (nSPS) is 35.7. The number of piperidine rings is 1. The van der Waals surface area contributed by atoms with E-state index in [0.717, 1.165) is 23.9 Å². The van der Waals surface area contributed by atoms with E-state index in [4.69, 9.17) is 0 Å². The van der Waals surface area contributed by atoms with Crippen molar-refractivity contribution >= 4 is 0 Å². The van der Waals surface area contributed by atoms with Gasteiger partial charge in [-0.2, -0.15) is 0 Å². The molecule has 110 valence electrons. The maximum atomic E-state index is 3.99. The summed E-state index contributed by atoms with van der Waals surface area (Å²) in [5, 5.41) is 3.99. The Bertz CT molecular complexity index is 285. The Kier molecular flexibility index (Phi) is 4.48. The lowest BCUT2D eigenvalue weighted by atomic mass is 9.77. The molecule has 1 N–H and O–H groups in total. The van der Waals surface area contributed by atoms with Crippen molar-refractivity contribution in [2.45, 2.75) is 83.3 Å². The molecule has 3 rings (SSSR count). The molecule has 3 aliphatic rings. The van der Waals surface area contributed by atoms with Crippen LogP contribution in [0.4, 0.5) is 0 Å². The van der Waals surface area contributed by atoms with E-state index in [1.54, 1.807) is 0 Å². The summed E-state index contributed by atoms with van der Waals surface area (Å²) in [6.07, 6.45) is 11.7. The standard InChI is InChI=1S/C17H32N2/c1-13(2)19(11-14-7-8-14)12-16-10-9-15-5-3-4-6-17(15)18-16/h13-18H,3-12H2,1-2H3. The molecular weight excluding hydrogens is 232 g/mol. The van der Waals surface area contributed by atoms with E-state index in [2.05, 4.69) is 24.1 Å². The molecule has 3 atom stereocenters. The number of hydrogen-bond donors (Lipinski definition) is 1. The fourth-order valence-electron chi connectivity index (χ4n) is 4.13. The summed E-state index contributed by atoms with van der Waals surface area (Å²) in [7, 11) is 0. The van der Waals surface area contributed by atoms with E-state index in [1.165, 1.54) is 64.5 Å². The fourth-order valence-corrected chi connectivity index (χ4v) is 4.13. The lowest BCUT2D eigenvalue weighted by Crippen LogP contribution is -2.54. The van der Waals surface area contributed by atoms with Gasteiger partial charge in [-0.1, -0.05) is 12.8 Å². The number of fused-ring (bicyclic) bond motifs is 1. The van der Waals surface area contributed by atoms with E-state index in [1.807, 2.05) is 0 Å². The minimum Gasteiger partial charge on any atom is -0.310 e. The summed E-state index contributed by atoms with van der Waals surface area (Å²) in [6, 6.07) is 2.33. The lowest BCUT2D eigenvalue weighted by Gasteiger charge is -2.42. The van der Waals surface area contributed by atoms with Crippen LogP contribution in [-0.2, 0) is 0 Å². The molecule has 0 aromatic rings. The predicted molar refractivity (Wildman–Crippen MR) is 81.3 cm³/mol. The van der Waals surface area contributed by atoms with Gasteiger partial charge in [0.15, 0.2) is 0 Å². The third kappa shape index (κ3) is 3.72. The second-order valence-electron chi connectivity index (χ2n) is 7.58. The van der Waals surface area contributed by atoms with Crippen molar-refractivity contribution in [3.63, 3.8) is 0 Å². The average Bonchev–Trinajstić information content (AvgIpc) is 3.22. The zero-order valence-corrected chi connectivity index (χ0v) is 12.9. The van der Waals surface area contributed by atoms with Crippen molar-refractivity contribution < 1.29 is 0 Å². The molecule has 0 radical (unpaired) electrons. The first-order valence-corrected chi connectivity index (χ1v) is 8.72. The predicted octanol–water partition coefficient (Wildman–Crippen LogP) is 3.42. The van der Waals surface area contributed by atoms with Gasteiger partial charge < -0.3 is 5.32 Å². The Morgan fingerprint density at radius 3 is 2.47 bits per heavy atom. The molecule has 0 aromatic heterocycles. The summed E-state index contributed by atoms with van der Waals surface area (Å²) in [6.45, 7) is 7.38. The van der Waals surface area contributed by atoms with Gasteiger partial charge in [-0.15, -0.1) is 0 Å². The Hall–Kier alpha value is -0.0800. The highest BCUT2D eigenvalue weighted by atomic mass is 15.2. The van der Waals surface area contributed by atoms with Gasteiger partial charge >= 0.3 is 0 Å². The van der Waals surface area contributed by atoms with Crippen LogP contribution in [0.5, 0.6) is 0 Å². The first-order chi connectivity index (χ1) is 9.22. The van der Waals surface area contributed by atoms with Crippen LogP contribution in [0.25, 0.3) is 0 Å². The Labute approximate surface area is 119 Å². The van der Waals surface area contributed by atoms with Gasteiger partial charge in [0.25, 0.3) is 0 Å². The zero-order valence-electron chi connectivity index (χ0n) is 12.9. The molecule has 1 aliphatic heterocycles. The third-order valence-electron chi connectivity index (χ3n) is 5.62. The Balaban J connectivity index is 1.50. The van der Waals surface area contributed by atoms with Crippen molar-refractivity contribution in [2.24, 2.45) is 11.8 Å². The van der Waals surface area contributed by atoms with E-state index in [9.17, 15) is 0 Å². The van der Waals surface area contributed by atoms with Gasteiger partial charge in [-0.05, 0) is 64.2 Å². The third-order valence-corrected chi connectivity index (χ3v) is 5.62. The molecule has 3 fully saturated rings. The highest BCUT2D eigenvalue weighted by Gasteiger charge is 2.33. The van der Waals surface area contributed by atoms with Crippen LogP contribution in [0.2, 0.25) is 0 Å². The molecule has 2 nitrogen and oxygen atoms in total. The molecule has 0 amide bonds. The Morgan fingerprint density at radius 2 is 1.74 bits per heavy atom. The molecule has 2 saturated carbocycles. The van der Waals surface area contributed by atoms with Gasteiger partial charge in [-0.3, -0.25) is 4.90 Å². The minimum absolute atomic E-state index is 0.714. The maximum Gasteiger partial charge on any atom is 0.0197 e. The van der Waals surface area contributed by atoms with Gasteiger partial charge in [0, 0.05) is 31.2 Å². The second-order valence-corrected chi connectivity index (χ2v) is 7.58. The van der Waals surface area contributed by atoms with Crippen LogP contribution in [0.1, 0.15) is 65.2 Å². The van der Waals surface area contributed by atoms with Crippen molar-refractivity contribution in [2.75, 3.05) is 13.1 Å². The van der Waals surface area contributed by atoms with Gasteiger partial charge in [0.1, 0.15) is 0 Å². The number of rotatable bonds is 5. The lowest BCUT2D eigenvalue weighted by molar-refractivity contribution is 0.127. The van der Waals surface area contributed by atoms with Gasteiger partial charge in [0.2, 0.25) is 0 Å². The van der Waals surface area contributed by atoms with Crippen LogP contribution in [0, 0.1) is 11.8 Å². The highest BCUT2D eigenvalue weighted by molar-refractivity contribution is 4.91. The zero-order chi connectivity index (χ0) is 13.2. The summed E-state index contributed by atoms with van der Waals surface area (Å²) < 4.78 is 0. The van der Waals surface area contributed by atoms with E-state index in [0.29, 0.717) is 6.04 Å². The van der Waals surface area contributed by atoms with Crippen molar-refractivity contribution in [1.82, 2.24) is 10.2 Å². The molecular formula is C17H32N2. The average molecular weight is 264 g/mol. The summed E-state index contributed by atoms with van der Waals surface area (Å²) in [4.78, 5) is 2.73. The van der Waals surface area contributed by atoms with Crippen LogP contribution in [0.15, 0.2) is 0 Å². The SMILES string of the molecule is CC(C)N(CC1CC1)CC1CCC2CCCCC2N1. The van der Waals surface area contributed by atoms with Crippen LogP contribution in [0.3, 0.4) is 0 Å². The Morgan fingerprint density at radius 1 is 0.947 bits per heavy atom. The number of hydrogen-bond acceptors (Lipinski definition) is 2. The summed E-state index contributed by atoms with van der Waals surface area (Å²) in [5.41, 5.74) is 0. The van der Waals surface area contributed by atoms with Crippen LogP contribution >= 0.6 is 0 Å². The quantitative estimate of drug-likeness (QED) is 0.818. The highest BCUT2D eigenvalue weighted by Crippen LogP contribution is 2.33. The molecule has 2 heteroatoms. The summed E-state index contributed by atoms with van der Waals surface area (Å²) in [5.74, 6) is 2.02. The molecule has 1 heterocycles. The van der Waals surface area contributed by atoms with Crippen molar-refractivity contribution in [3.8, 4) is 0 Å². The topological polar surface area (TPSA) is 15.3 Å². The van der Waals surface area contributed by atoms with Gasteiger partial charge in [0.05, 0.1) is 0 Å². The van der Waals surface area contributed by atoms with Crippen LogP contribution < -0.4 is 5.32 Å². The number of nitrogens with zero attached hydrogens (tertiary/aromatic N) is 1. The molecule has 1 saturated heterocycles. The van der Waals surface area contributed by atoms with Crippen molar-refractivity contribution in [3.05, 3.63) is 0 Å². The van der Waals surface area contributed by atoms with Gasteiger partial charge in [-0.25, -0.2) is 0 Å². The van der Waals surface area contributed by atoms with Crippen molar-refractivity contribution in [1.29, 1.82) is 0 Å². The van der Waals surface area contributed by atoms with E-state index in [-0.39, 0.29) is 0 Å². The molecule has 0 aromatic carbocycles. The first-order valence-electron chi connectivity index (χ1n) is 8.72. The largest absolute Gasteiger partial charge is 0.310 e. The fraction of sp³-hybridized carbons (Fsp3) is 1.00. The van der Waals surface area contributed by atoms with E-state index < -0.39 is 0 Å². The number of nitrogens with one attached hydrogen (secondary N) is 1. The molecule has 19 heavy (non-hydrogen) atoms. The smallest absolute Gasteiger partial charge is 0.0197 e. The molecule has 2 aliphatic carbocycles. The molecule has 3 unspecified atom stereocenters. The van der Waals surface area contributed by atoms with E-state index >= 15 is 0 Å². The maximum absolute atomic E-state index is 3.99. The first kappa shape index (κ1) is 13.9. The summed E-state index contributed by atoms with van der Waals surface area (Å²) >= 11 is 0. The second kappa shape index (κ2) is 6.13.